The maximum atomic E-state index is 12.1. The van der Waals surface area contributed by atoms with Crippen LogP contribution in [0.1, 0.15) is 54.0 Å². The first-order valence-electron chi connectivity index (χ1n) is 8.91. The van der Waals surface area contributed by atoms with Gasteiger partial charge < -0.3 is 19.4 Å². The smallest absolute Gasteiger partial charge is 0.444 e. The fraction of sp³-hybridized carbons (Fsp3) is 0.611. The SMILES string of the molecule is CC(C)(C)OC(=O)NCC(=Cc1cnc(Cl)nc1Cl)B1OC(C)(C)C(C)(C)O1. The lowest BCUT2D eigenvalue weighted by atomic mass is 9.77. The van der Waals surface area contributed by atoms with E-state index < -0.39 is 30.0 Å². The van der Waals surface area contributed by atoms with Crippen molar-refractivity contribution in [3.63, 3.8) is 0 Å². The Labute approximate surface area is 176 Å². The van der Waals surface area contributed by atoms with Crippen LogP contribution in [-0.2, 0) is 14.0 Å². The van der Waals surface area contributed by atoms with Gasteiger partial charge in [-0.2, -0.15) is 0 Å². The quantitative estimate of drug-likeness (QED) is 0.435. The van der Waals surface area contributed by atoms with Crippen LogP contribution in [-0.4, -0.2) is 46.5 Å². The van der Waals surface area contributed by atoms with E-state index in [0.29, 0.717) is 11.0 Å². The van der Waals surface area contributed by atoms with Gasteiger partial charge in [0.05, 0.1) is 11.2 Å². The number of ether oxygens (including phenoxy) is 1. The standard InChI is InChI=1S/C18H26BCl2N3O4/c1-16(2,3)26-15(25)23-10-12(8-11-9-22-14(21)24-13(11)20)19-27-17(4,5)18(6,7)28-19/h8-9H,10H2,1-7H3,(H,23,25). The first kappa shape index (κ1) is 22.9. The molecule has 28 heavy (non-hydrogen) atoms. The van der Waals surface area contributed by atoms with Gasteiger partial charge in [-0.15, -0.1) is 0 Å². The van der Waals surface area contributed by atoms with E-state index in [2.05, 4.69) is 15.3 Å². The van der Waals surface area contributed by atoms with Gasteiger partial charge >= 0.3 is 13.2 Å². The van der Waals surface area contributed by atoms with Crippen LogP contribution in [0.25, 0.3) is 6.08 Å². The highest BCUT2D eigenvalue weighted by molar-refractivity contribution is 6.56. The van der Waals surface area contributed by atoms with Crippen LogP contribution >= 0.6 is 23.2 Å². The highest BCUT2D eigenvalue weighted by Crippen LogP contribution is 2.39. The third-order valence-electron chi connectivity index (χ3n) is 4.47. The van der Waals surface area contributed by atoms with Crippen molar-refractivity contribution in [3.05, 3.63) is 27.7 Å². The third-order valence-corrected chi connectivity index (χ3v) is 4.96. The van der Waals surface area contributed by atoms with Crippen LogP contribution in [0.4, 0.5) is 4.79 Å². The van der Waals surface area contributed by atoms with Gasteiger partial charge in [0.1, 0.15) is 10.8 Å². The Morgan fingerprint density at radius 1 is 1.25 bits per heavy atom. The number of aromatic nitrogens is 2. The zero-order chi connectivity index (χ0) is 21.3. The van der Waals surface area contributed by atoms with Gasteiger partial charge in [0.15, 0.2) is 0 Å². The van der Waals surface area contributed by atoms with Crippen molar-refractivity contribution in [3.8, 4) is 0 Å². The molecule has 1 N–H and O–H groups in total. The molecule has 1 aromatic rings. The minimum atomic E-state index is -0.688. The molecule has 0 aliphatic carbocycles. The van der Waals surface area contributed by atoms with E-state index >= 15 is 0 Å². The molecule has 1 aromatic heterocycles. The molecule has 1 saturated heterocycles. The second-order valence-electron chi connectivity index (χ2n) is 8.55. The molecule has 0 atom stereocenters. The minimum absolute atomic E-state index is 0.0474. The highest BCUT2D eigenvalue weighted by atomic mass is 35.5. The number of carbonyl (C=O) groups excluding carboxylic acids is 1. The monoisotopic (exact) mass is 429 g/mol. The molecule has 0 saturated carbocycles. The van der Waals surface area contributed by atoms with E-state index in [9.17, 15) is 4.79 Å². The van der Waals surface area contributed by atoms with Gasteiger partial charge in [0, 0.05) is 18.3 Å². The van der Waals surface area contributed by atoms with Gasteiger partial charge in [0.2, 0.25) is 5.28 Å². The van der Waals surface area contributed by atoms with Crippen LogP contribution in [0.2, 0.25) is 10.4 Å². The molecular formula is C18H26BCl2N3O4. The fourth-order valence-corrected chi connectivity index (χ4v) is 2.69. The van der Waals surface area contributed by atoms with E-state index in [1.54, 1.807) is 26.8 Å². The van der Waals surface area contributed by atoms with Crippen molar-refractivity contribution in [2.45, 2.75) is 65.3 Å². The lowest BCUT2D eigenvalue weighted by molar-refractivity contribution is 0.00578. The van der Waals surface area contributed by atoms with Crippen molar-refractivity contribution < 1.29 is 18.8 Å². The molecule has 1 aliphatic heterocycles. The average molecular weight is 430 g/mol. The molecule has 2 heterocycles. The van der Waals surface area contributed by atoms with Crippen LogP contribution in [0.15, 0.2) is 11.7 Å². The predicted octanol–water partition coefficient (Wildman–Crippen LogP) is 4.32. The fourth-order valence-electron chi connectivity index (χ4n) is 2.33. The van der Waals surface area contributed by atoms with E-state index in [0.717, 1.165) is 0 Å². The van der Waals surface area contributed by atoms with E-state index in [4.69, 9.17) is 37.2 Å². The molecule has 7 nitrogen and oxygen atoms in total. The second-order valence-corrected chi connectivity index (χ2v) is 9.24. The summed E-state index contributed by atoms with van der Waals surface area (Å²) in [6.45, 7) is 13.3. The van der Waals surface area contributed by atoms with Crippen molar-refractivity contribution in [2.75, 3.05) is 6.54 Å². The number of hydrogen-bond donors (Lipinski definition) is 1. The Morgan fingerprint density at radius 3 is 2.32 bits per heavy atom. The Morgan fingerprint density at radius 2 is 1.82 bits per heavy atom. The summed E-state index contributed by atoms with van der Waals surface area (Å²) in [6, 6.07) is 0. The first-order chi connectivity index (χ1) is 12.7. The van der Waals surface area contributed by atoms with Gasteiger partial charge in [-0.3, -0.25) is 0 Å². The van der Waals surface area contributed by atoms with Crippen LogP contribution < -0.4 is 5.32 Å². The number of hydrogen-bond acceptors (Lipinski definition) is 6. The van der Waals surface area contributed by atoms with Gasteiger partial charge in [-0.05, 0) is 65.5 Å². The molecule has 0 aromatic carbocycles. The topological polar surface area (TPSA) is 82.6 Å². The van der Waals surface area contributed by atoms with Crippen molar-refractivity contribution >= 4 is 42.5 Å². The van der Waals surface area contributed by atoms with Crippen LogP contribution in [0, 0.1) is 0 Å². The number of nitrogens with zero attached hydrogens (tertiary/aromatic N) is 2. The molecule has 0 spiro atoms. The van der Waals surface area contributed by atoms with Gasteiger partial charge in [-0.1, -0.05) is 17.7 Å². The normalized spacial score (nSPS) is 18.9. The summed E-state index contributed by atoms with van der Waals surface area (Å²) in [5, 5.41) is 2.96. The number of carbonyl (C=O) groups is 1. The largest absolute Gasteiger partial charge is 0.492 e. The maximum absolute atomic E-state index is 12.1. The molecule has 0 bridgehead atoms. The van der Waals surface area contributed by atoms with Gasteiger partial charge in [0.25, 0.3) is 0 Å². The van der Waals surface area contributed by atoms with Crippen molar-refractivity contribution in [1.82, 2.24) is 15.3 Å². The number of halogens is 2. The van der Waals surface area contributed by atoms with Gasteiger partial charge in [-0.25, -0.2) is 14.8 Å². The van der Waals surface area contributed by atoms with Crippen LogP contribution in [0.3, 0.4) is 0 Å². The van der Waals surface area contributed by atoms with E-state index in [-0.39, 0.29) is 17.0 Å². The third kappa shape index (κ3) is 5.83. The molecule has 0 unspecified atom stereocenters. The molecule has 154 valence electrons. The number of alkyl carbamates (subject to hydrolysis) is 1. The van der Waals surface area contributed by atoms with Crippen LogP contribution in [0.5, 0.6) is 0 Å². The Balaban J connectivity index is 2.28. The highest BCUT2D eigenvalue weighted by Gasteiger charge is 2.52. The Hall–Kier alpha value is -1.35. The van der Waals surface area contributed by atoms with Crippen molar-refractivity contribution in [2.24, 2.45) is 0 Å². The summed E-state index contributed by atoms with van der Waals surface area (Å²) < 4.78 is 17.5. The Bertz CT molecular complexity index is 763. The average Bonchev–Trinajstić information content (AvgIpc) is 2.71. The second kappa shape index (κ2) is 8.18. The summed E-state index contributed by atoms with van der Waals surface area (Å²) >= 11 is 11.9. The predicted molar refractivity (Wildman–Crippen MR) is 110 cm³/mol. The molecule has 0 radical (unpaired) electrons. The molecular weight excluding hydrogens is 404 g/mol. The number of amides is 1. The number of rotatable bonds is 4. The lowest BCUT2D eigenvalue weighted by Crippen LogP contribution is -2.41. The minimum Gasteiger partial charge on any atom is -0.444 e. The first-order valence-corrected chi connectivity index (χ1v) is 9.67. The zero-order valence-electron chi connectivity index (χ0n) is 17.2. The number of nitrogens with one attached hydrogen (secondary N) is 1. The molecule has 1 fully saturated rings. The summed E-state index contributed by atoms with van der Waals surface area (Å²) in [6.07, 6.45) is 2.67. The summed E-state index contributed by atoms with van der Waals surface area (Å²) in [4.78, 5) is 20.0. The molecule has 10 heteroatoms. The zero-order valence-corrected chi connectivity index (χ0v) is 18.7. The molecule has 2 rings (SSSR count). The molecule has 1 aliphatic rings. The Kier molecular flexibility index (Phi) is 6.70. The van der Waals surface area contributed by atoms with E-state index in [1.807, 2.05) is 27.7 Å². The van der Waals surface area contributed by atoms with E-state index in [1.165, 1.54) is 6.20 Å². The summed E-state index contributed by atoms with van der Waals surface area (Å²) in [5.41, 5.74) is -0.517. The summed E-state index contributed by atoms with van der Waals surface area (Å²) in [5.74, 6) is 0. The lowest BCUT2D eigenvalue weighted by Gasteiger charge is -2.32. The molecule has 1 amide bonds. The summed E-state index contributed by atoms with van der Waals surface area (Å²) in [7, 11) is -0.688. The van der Waals surface area contributed by atoms with Crippen molar-refractivity contribution in [1.29, 1.82) is 0 Å². The maximum Gasteiger partial charge on any atom is 0.492 e.